The number of hydrogen-bond acceptors (Lipinski definition) is 4. The second kappa shape index (κ2) is 29.3. The van der Waals surface area contributed by atoms with E-state index in [9.17, 15) is 0 Å². The summed E-state index contributed by atoms with van der Waals surface area (Å²) < 4.78 is 4.91. The molecule has 0 aliphatic carbocycles. The third kappa shape index (κ3) is 19.2. The minimum Gasteiger partial charge on any atom is -0.497 e. The van der Waals surface area contributed by atoms with E-state index in [1.165, 1.54) is 0 Å². The topological polar surface area (TPSA) is 60.4 Å². The van der Waals surface area contributed by atoms with Gasteiger partial charge in [0, 0.05) is 21.1 Å². The van der Waals surface area contributed by atoms with Gasteiger partial charge in [0.1, 0.15) is 5.75 Å². The normalized spacial score (nSPS) is 5.40. The van der Waals surface area contributed by atoms with Crippen molar-refractivity contribution in [3.63, 3.8) is 0 Å². The minimum atomic E-state index is 0. The molecule has 5 heteroatoms. The van der Waals surface area contributed by atoms with Crippen LogP contribution < -0.4 is 4.74 Å². The van der Waals surface area contributed by atoms with Gasteiger partial charge in [-0.1, -0.05) is 18.2 Å². The molecule has 0 aliphatic heterocycles. The van der Waals surface area contributed by atoms with Crippen LogP contribution in [0.25, 0.3) is 0 Å². The molecule has 0 aromatic heterocycles. The molecule has 1 rings (SSSR count). The fourth-order valence-corrected chi connectivity index (χ4v) is 0.557. The molecule has 1 aromatic rings. The molecule has 0 atom stereocenters. The Morgan fingerprint density at radius 2 is 1.20 bits per heavy atom. The van der Waals surface area contributed by atoms with E-state index in [0.717, 1.165) is 5.75 Å². The van der Waals surface area contributed by atoms with E-state index in [1.807, 2.05) is 30.3 Å². The van der Waals surface area contributed by atoms with E-state index in [1.54, 1.807) is 7.11 Å². The Balaban J connectivity index is -0.0000000755. The smallest absolute Gasteiger partial charge is 0.281 e. The molecule has 0 spiro atoms. The van der Waals surface area contributed by atoms with Crippen LogP contribution in [0.5, 0.6) is 5.75 Å². The summed E-state index contributed by atoms with van der Waals surface area (Å²) in [6.45, 7) is 13.5. The monoisotopic (exact) mass is 290 g/mol. The summed E-state index contributed by atoms with van der Waals surface area (Å²) in [6.07, 6.45) is 0. The van der Waals surface area contributed by atoms with Gasteiger partial charge in [0.25, 0.3) is 20.4 Å². The molecule has 78 valence electrons. The van der Waals surface area contributed by atoms with Crippen LogP contribution in [0.4, 0.5) is 0 Å². The molecule has 0 N–H and O–H groups in total. The quantitative estimate of drug-likeness (QED) is 0.706. The van der Waals surface area contributed by atoms with Crippen LogP contribution in [0.2, 0.25) is 0 Å². The number of para-hydroxylation sites is 1. The Labute approximate surface area is 104 Å². The molecular weight excluding hydrogens is 280 g/mol. The number of ether oxygens (including phenoxy) is 1. The number of methoxy groups -OCH3 is 1. The predicted octanol–water partition coefficient (Wildman–Crippen LogP) is 0.501. The summed E-state index contributed by atoms with van der Waals surface area (Å²) in [5.74, 6) is 0.910. The van der Waals surface area contributed by atoms with Gasteiger partial charge < -0.3 is 4.74 Å². The maximum atomic E-state index is 7.50. The first kappa shape index (κ1) is 23.5. The average molecular weight is 288 g/mol. The van der Waals surface area contributed by atoms with Gasteiger partial charge in [0.05, 0.1) is 7.11 Å². The molecule has 0 amide bonds. The second-order valence-corrected chi connectivity index (χ2v) is 1.52. The molecule has 0 saturated heterocycles. The molecule has 1 aromatic carbocycles. The van der Waals surface area contributed by atoms with Gasteiger partial charge >= 0.3 is 0 Å². The molecule has 0 fully saturated rings. The maximum absolute atomic E-state index is 7.50. The van der Waals surface area contributed by atoms with Crippen LogP contribution in [0, 0.1) is 0 Å². The molecule has 4 nitrogen and oxygen atoms in total. The third-order valence-corrected chi connectivity index (χ3v) is 0.979. The zero-order chi connectivity index (χ0) is 11.8. The van der Waals surface area contributed by atoms with Crippen molar-refractivity contribution in [1.82, 2.24) is 0 Å². The van der Waals surface area contributed by atoms with Crippen molar-refractivity contribution >= 4 is 20.4 Å². The number of carbonyl (C=O) groups excluding carboxylic acids is 3. The summed E-state index contributed by atoms with van der Waals surface area (Å²) in [4.78, 5) is 22.5. The van der Waals surface area contributed by atoms with Gasteiger partial charge in [0.2, 0.25) is 0 Å². The van der Waals surface area contributed by atoms with Crippen LogP contribution in [-0.2, 0) is 35.4 Å². The van der Waals surface area contributed by atoms with E-state index in [-0.39, 0.29) is 21.1 Å². The van der Waals surface area contributed by atoms with Crippen molar-refractivity contribution in [3.8, 4) is 5.75 Å². The summed E-state index contributed by atoms with van der Waals surface area (Å²) in [5, 5.41) is 0. The zero-order valence-corrected chi connectivity index (χ0v) is 9.93. The van der Waals surface area contributed by atoms with E-state index in [4.69, 9.17) is 19.1 Å². The number of hydrogen-bond donors (Lipinski definition) is 0. The molecule has 0 saturated carbocycles. The first-order valence-electron chi connectivity index (χ1n) is 3.14. The van der Waals surface area contributed by atoms with E-state index >= 15 is 0 Å². The van der Waals surface area contributed by atoms with Gasteiger partial charge in [0.15, 0.2) is 0 Å². The Kier molecular flexibility index (Phi) is 45.9. The summed E-state index contributed by atoms with van der Waals surface area (Å²) in [6, 6.07) is 9.68. The molecule has 0 unspecified atom stereocenters. The van der Waals surface area contributed by atoms with E-state index < -0.39 is 0 Å². The van der Waals surface area contributed by atoms with Crippen LogP contribution in [0.15, 0.2) is 30.3 Å². The molecule has 6 radical (unpaired) electrons. The van der Waals surface area contributed by atoms with Gasteiger partial charge in [-0.15, -0.1) is 0 Å². The molecule has 0 heterocycles. The average Bonchev–Trinajstić information content (AvgIpc) is 2.37. The number of benzene rings is 1. The first-order chi connectivity index (χ1) is 6.93. The largest absolute Gasteiger partial charge is 0.497 e. The van der Waals surface area contributed by atoms with Gasteiger partial charge in [-0.05, 0) is 12.1 Å². The van der Waals surface area contributed by atoms with Crippen LogP contribution >= 0.6 is 0 Å². The SMILES string of the molecule is COc1ccccc1.[C]=O.[C]=O.[C]=O.[Mo]. The molecular formula is C10H8MoO4. The van der Waals surface area contributed by atoms with Crippen molar-refractivity contribution in [3.05, 3.63) is 30.3 Å². The first-order valence-corrected chi connectivity index (χ1v) is 3.14. The zero-order valence-electron chi connectivity index (χ0n) is 7.93. The van der Waals surface area contributed by atoms with Crippen LogP contribution in [0.1, 0.15) is 0 Å². The Hall–Kier alpha value is -1.28. The summed E-state index contributed by atoms with van der Waals surface area (Å²) in [7, 11) is 1.66. The van der Waals surface area contributed by atoms with Crippen molar-refractivity contribution in [2.45, 2.75) is 0 Å². The van der Waals surface area contributed by atoms with Crippen LogP contribution in [0.3, 0.4) is 0 Å². The third-order valence-electron chi connectivity index (χ3n) is 0.979. The Morgan fingerprint density at radius 3 is 1.40 bits per heavy atom. The second-order valence-electron chi connectivity index (χ2n) is 1.52. The van der Waals surface area contributed by atoms with Gasteiger partial charge in [-0.25, -0.2) is 0 Å². The van der Waals surface area contributed by atoms with Crippen LogP contribution in [-0.4, -0.2) is 27.5 Å². The number of rotatable bonds is 1. The van der Waals surface area contributed by atoms with E-state index in [0.29, 0.717) is 0 Å². The maximum Gasteiger partial charge on any atom is 0.281 e. The van der Waals surface area contributed by atoms with E-state index in [2.05, 4.69) is 20.4 Å². The minimum absolute atomic E-state index is 0. The molecule has 0 bridgehead atoms. The van der Waals surface area contributed by atoms with Crippen molar-refractivity contribution in [2.24, 2.45) is 0 Å². The Morgan fingerprint density at radius 1 is 0.867 bits per heavy atom. The fourth-order valence-electron chi connectivity index (χ4n) is 0.557. The van der Waals surface area contributed by atoms with Crippen molar-refractivity contribution < 1.29 is 40.2 Å². The summed E-state index contributed by atoms with van der Waals surface area (Å²) in [5.41, 5.74) is 0. The van der Waals surface area contributed by atoms with Crippen molar-refractivity contribution in [2.75, 3.05) is 7.11 Å². The fraction of sp³-hybridized carbons (Fsp3) is 0.100. The van der Waals surface area contributed by atoms with Gasteiger partial charge in [-0.3, -0.25) is 14.4 Å². The van der Waals surface area contributed by atoms with Crippen molar-refractivity contribution in [1.29, 1.82) is 0 Å². The summed E-state index contributed by atoms with van der Waals surface area (Å²) >= 11 is 0. The Bertz CT molecular complexity index is 189. The predicted molar refractivity (Wildman–Crippen MR) is 50.1 cm³/mol. The standard InChI is InChI=1S/C7H8O.3CO.Mo/c1-8-7-5-3-2-4-6-7;3*1-2;/h2-6H,1H3;;;;. The molecule has 15 heavy (non-hydrogen) atoms. The molecule has 0 aliphatic rings. The van der Waals surface area contributed by atoms with Gasteiger partial charge in [-0.2, -0.15) is 0 Å².